The molecule has 0 unspecified atom stereocenters. The predicted molar refractivity (Wildman–Crippen MR) is 96.8 cm³/mol. The fourth-order valence-electron chi connectivity index (χ4n) is 2.33. The highest BCUT2D eigenvalue weighted by atomic mass is 32.2. The first-order chi connectivity index (χ1) is 12.7. The molecule has 11 heteroatoms. The number of anilines is 1. The van der Waals surface area contributed by atoms with Gasteiger partial charge in [-0.25, -0.2) is 18.4 Å². The molecule has 7 nitrogen and oxygen atoms in total. The highest BCUT2D eigenvalue weighted by Gasteiger charge is 2.19. The van der Waals surface area contributed by atoms with Crippen molar-refractivity contribution in [2.24, 2.45) is 0 Å². The van der Waals surface area contributed by atoms with Crippen LogP contribution in [-0.2, 0) is 9.84 Å². The van der Waals surface area contributed by atoms with Crippen molar-refractivity contribution < 1.29 is 22.0 Å². The van der Waals surface area contributed by atoms with Crippen molar-refractivity contribution in [2.45, 2.75) is 18.4 Å². The van der Waals surface area contributed by atoms with E-state index in [0.29, 0.717) is 10.6 Å². The number of thiazole rings is 1. The summed E-state index contributed by atoms with van der Waals surface area (Å²) in [5.41, 5.74) is 0.696. The average Bonchev–Trinajstić information content (AvgIpc) is 3.20. The van der Waals surface area contributed by atoms with Crippen molar-refractivity contribution in [1.29, 1.82) is 0 Å². The lowest BCUT2D eigenvalue weighted by molar-refractivity contribution is 0.0720. The largest absolute Gasteiger partial charge is 0.320 e. The number of aromatic nitrogens is 3. The van der Waals surface area contributed by atoms with Crippen LogP contribution in [0.4, 0.5) is 13.9 Å². The molecule has 142 valence electrons. The van der Waals surface area contributed by atoms with Gasteiger partial charge in [0.15, 0.2) is 20.8 Å². The maximum absolute atomic E-state index is 13.0. The van der Waals surface area contributed by atoms with Crippen molar-refractivity contribution >= 4 is 32.2 Å². The first kappa shape index (κ1) is 19.1. The highest BCUT2D eigenvalue weighted by molar-refractivity contribution is 7.90. The summed E-state index contributed by atoms with van der Waals surface area (Å²) in [6.45, 7) is -1.11. The minimum atomic E-state index is -3.36. The van der Waals surface area contributed by atoms with E-state index in [1.54, 1.807) is 6.92 Å². The van der Waals surface area contributed by atoms with Crippen molar-refractivity contribution in [3.8, 4) is 10.7 Å². The third-order valence-corrected chi connectivity index (χ3v) is 5.84. The number of benzene rings is 1. The quantitative estimate of drug-likeness (QED) is 0.693. The van der Waals surface area contributed by atoms with Crippen LogP contribution in [-0.4, -0.2) is 35.1 Å². The zero-order valence-corrected chi connectivity index (χ0v) is 15.8. The molecule has 3 rings (SSSR count). The third-order valence-electron chi connectivity index (χ3n) is 3.64. The van der Waals surface area contributed by atoms with Gasteiger partial charge in [0, 0.05) is 24.2 Å². The van der Waals surface area contributed by atoms with Crippen LogP contribution in [0.2, 0.25) is 0 Å². The van der Waals surface area contributed by atoms with E-state index in [-0.39, 0.29) is 21.4 Å². The zero-order valence-electron chi connectivity index (χ0n) is 14.2. The molecule has 0 saturated heterocycles. The second kappa shape index (κ2) is 7.16. The Morgan fingerprint density at radius 3 is 2.52 bits per heavy atom. The summed E-state index contributed by atoms with van der Waals surface area (Å²) in [5, 5.41) is 2.81. The number of hydrogen-bond donors (Lipinski definition) is 1. The Morgan fingerprint density at radius 2 is 1.93 bits per heavy atom. The second-order valence-electron chi connectivity index (χ2n) is 5.62. The molecule has 2 heterocycles. The van der Waals surface area contributed by atoms with E-state index < -0.39 is 22.3 Å². The number of rotatable bonds is 5. The van der Waals surface area contributed by atoms with E-state index in [9.17, 15) is 22.0 Å². The molecule has 0 bridgehead atoms. The van der Waals surface area contributed by atoms with Crippen LogP contribution < -0.4 is 5.32 Å². The normalized spacial score (nSPS) is 11.7. The van der Waals surface area contributed by atoms with Crippen LogP contribution in [0.1, 0.15) is 22.6 Å². The minimum Gasteiger partial charge on any atom is -0.298 e. The van der Waals surface area contributed by atoms with Crippen LogP contribution in [0, 0.1) is 6.92 Å². The molecule has 0 atom stereocenters. The molecule has 1 aromatic carbocycles. The average molecular weight is 412 g/mol. The van der Waals surface area contributed by atoms with Gasteiger partial charge in [-0.3, -0.25) is 14.7 Å². The Kier molecular flexibility index (Phi) is 5.07. The maximum Gasteiger partial charge on any atom is 0.320 e. The first-order valence-corrected chi connectivity index (χ1v) is 10.3. The summed E-state index contributed by atoms with van der Waals surface area (Å²) in [4.78, 5) is 21.0. The highest BCUT2D eigenvalue weighted by Crippen LogP contribution is 2.33. The Bertz CT molecular complexity index is 1090. The summed E-state index contributed by atoms with van der Waals surface area (Å²) in [5.74, 6) is -0.425. The summed E-state index contributed by atoms with van der Waals surface area (Å²) in [7, 11) is -3.36. The number of hydrogen-bond acceptors (Lipinski definition) is 6. The Balaban J connectivity index is 1.82. The summed E-state index contributed by atoms with van der Waals surface area (Å²) in [6, 6.07) is 5.44. The van der Waals surface area contributed by atoms with E-state index in [1.807, 2.05) is 0 Å². The van der Waals surface area contributed by atoms with Gasteiger partial charge in [0.1, 0.15) is 0 Å². The van der Waals surface area contributed by atoms with Crippen molar-refractivity contribution in [2.75, 3.05) is 11.6 Å². The molecule has 0 fully saturated rings. The molecule has 3 aromatic rings. The number of nitrogens with one attached hydrogen (secondary N) is 1. The Labute approximate surface area is 157 Å². The van der Waals surface area contributed by atoms with Gasteiger partial charge in [-0.05, 0) is 31.2 Å². The standard InChI is InChI=1S/C16H14F2N4O3S2/c1-9-12(13-19-7-8-22(13)15(17)18)26-16(20-9)21-14(23)10-3-5-11(6-4-10)27(2,24)25/h3-8,15H,1-2H3,(H,20,21,23). The first-order valence-electron chi connectivity index (χ1n) is 7.57. The van der Waals surface area contributed by atoms with Crippen LogP contribution in [0.25, 0.3) is 10.7 Å². The Morgan fingerprint density at radius 1 is 1.26 bits per heavy atom. The monoisotopic (exact) mass is 412 g/mol. The molecule has 27 heavy (non-hydrogen) atoms. The van der Waals surface area contributed by atoms with E-state index in [2.05, 4.69) is 15.3 Å². The number of halogens is 2. The molecular formula is C16H14F2N4O3S2. The topological polar surface area (TPSA) is 93.9 Å². The number of aryl methyl sites for hydroxylation is 1. The van der Waals surface area contributed by atoms with E-state index >= 15 is 0 Å². The van der Waals surface area contributed by atoms with E-state index in [1.165, 1.54) is 36.7 Å². The number of sulfone groups is 1. The summed E-state index contributed by atoms with van der Waals surface area (Å²) < 4.78 is 49.7. The molecule has 1 amide bonds. The molecule has 2 aromatic heterocycles. The minimum absolute atomic E-state index is 0.0676. The zero-order chi connectivity index (χ0) is 19.8. The number of alkyl halides is 2. The van der Waals surface area contributed by atoms with Gasteiger partial charge in [0.05, 0.1) is 15.5 Å². The van der Waals surface area contributed by atoms with Crippen molar-refractivity contribution in [3.63, 3.8) is 0 Å². The summed E-state index contributed by atoms with van der Waals surface area (Å²) in [6.07, 6.45) is 3.51. The smallest absolute Gasteiger partial charge is 0.298 e. The van der Waals surface area contributed by atoms with Gasteiger partial charge in [0.2, 0.25) is 0 Å². The number of imidazole rings is 1. The molecule has 0 radical (unpaired) electrons. The number of nitrogens with zero attached hydrogens (tertiary/aromatic N) is 3. The van der Waals surface area contributed by atoms with Gasteiger partial charge in [-0.2, -0.15) is 8.78 Å². The second-order valence-corrected chi connectivity index (χ2v) is 8.63. The lowest BCUT2D eigenvalue weighted by Gasteiger charge is -2.04. The summed E-state index contributed by atoms with van der Waals surface area (Å²) >= 11 is 1.02. The van der Waals surface area contributed by atoms with Crippen LogP contribution in [0.5, 0.6) is 0 Å². The molecular weight excluding hydrogens is 398 g/mol. The SMILES string of the molecule is Cc1nc(NC(=O)c2ccc(S(C)(=O)=O)cc2)sc1-c1nccn1C(F)F. The van der Waals surface area contributed by atoms with Crippen LogP contribution in [0.15, 0.2) is 41.6 Å². The van der Waals surface area contributed by atoms with E-state index in [4.69, 9.17) is 0 Å². The lowest BCUT2D eigenvalue weighted by Crippen LogP contribution is -2.11. The molecule has 0 spiro atoms. The van der Waals surface area contributed by atoms with Crippen molar-refractivity contribution in [3.05, 3.63) is 47.9 Å². The van der Waals surface area contributed by atoms with Crippen LogP contribution in [0.3, 0.4) is 0 Å². The van der Waals surface area contributed by atoms with Gasteiger partial charge >= 0.3 is 6.55 Å². The number of carbonyl (C=O) groups is 1. The van der Waals surface area contributed by atoms with Gasteiger partial charge in [-0.15, -0.1) is 0 Å². The Hall–Kier alpha value is -2.66. The van der Waals surface area contributed by atoms with Crippen molar-refractivity contribution in [1.82, 2.24) is 14.5 Å². The predicted octanol–water partition coefficient (Wildman–Crippen LogP) is 3.37. The number of carbonyl (C=O) groups excluding carboxylic acids is 1. The molecule has 0 aliphatic heterocycles. The van der Waals surface area contributed by atoms with E-state index in [0.717, 1.165) is 22.2 Å². The van der Waals surface area contributed by atoms with Gasteiger partial charge in [-0.1, -0.05) is 11.3 Å². The molecule has 1 N–H and O–H groups in total. The van der Waals surface area contributed by atoms with Gasteiger partial charge < -0.3 is 0 Å². The fourth-order valence-corrected chi connectivity index (χ4v) is 3.92. The fraction of sp³-hybridized carbons (Fsp3) is 0.188. The molecule has 0 aliphatic carbocycles. The third kappa shape index (κ3) is 4.03. The maximum atomic E-state index is 13.0. The van der Waals surface area contributed by atoms with Gasteiger partial charge in [0.25, 0.3) is 5.91 Å². The number of amides is 1. The molecule has 0 saturated carbocycles. The van der Waals surface area contributed by atoms with Crippen LogP contribution >= 0.6 is 11.3 Å². The lowest BCUT2D eigenvalue weighted by atomic mass is 10.2. The molecule has 0 aliphatic rings.